The van der Waals surface area contributed by atoms with E-state index in [1.807, 2.05) is 26.8 Å². The molecule has 10 heteroatoms. The van der Waals surface area contributed by atoms with Gasteiger partial charge >= 0.3 is 0 Å². The van der Waals surface area contributed by atoms with Gasteiger partial charge in [0, 0.05) is 64.3 Å². The minimum Gasteiger partial charge on any atom is -0.381 e. The molecule has 3 aromatic heterocycles. The lowest BCUT2D eigenvalue weighted by atomic mass is 10.0. The minimum atomic E-state index is -0.399. The third-order valence-electron chi connectivity index (χ3n) is 6.98. The molecule has 8 nitrogen and oxygen atoms in total. The molecule has 216 valence electrons. The van der Waals surface area contributed by atoms with E-state index in [0.29, 0.717) is 57.6 Å². The predicted molar refractivity (Wildman–Crippen MR) is 164 cm³/mol. The highest BCUT2D eigenvalue weighted by molar-refractivity contribution is 6.33. The van der Waals surface area contributed by atoms with Crippen molar-refractivity contribution in [3.05, 3.63) is 99.6 Å². The number of hydrogen-bond acceptors (Lipinski definition) is 7. The predicted octanol–water partition coefficient (Wildman–Crippen LogP) is 6.68. The summed E-state index contributed by atoms with van der Waals surface area (Å²) in [6.07, 6.45) is 6.70. The van der Waals surface area contributed by atoms with E-state index >= 15 is 0 Å². The van der Waals surface area contributed by atoms with E-state index in [4.69, 9.17) is 21.3 Å². The Morgan fingerprint density at radius 3 is 2.55 bits per heavy atom. The van der Waals surface area contributed by atoms with Crippen molar-refractivity contribution in [1.29, 1.82) is 0 Å². The molecule has 0 aliphatic carbocycles. The second-order valence-electron chi connectivity index (χ2n) is 9.78. The fourth-order valence-corrected chi connectivity index (χ4v) is 5.17. The molecule has 5 aromatic rings. The molecule has 0 radical (unpaired) electrons. The fourth-order valence-electron chi connectivity index (χ4n) is 4.89. The summed E-state index contributed by atoms with van der Waals surface area (Å²) < 4.78 is 21.6. The smallest absolute Gasteiger partial charge is 0.260 e. The summed E-state index contributed by atoms with van der Waals surface area (Å²) in [5.41, 5.74) is 3.61. The van der Waals surface area contributed by atoms with Gasteiger partial charge in [-0.25, -0.2) is 14.4 Å². The van der Waals surface area contributed by atoms with Crippen molar-refractivity contribution in [3.8, 4) is 22.4 Å². The molecule has 0 atom stereocenters. The molecule has 0 saturated carbocycles. The van der Waals surface area contributed by atoms with Gasteiger partial charge in [0.25, 0.3) is 5.56 Å². The van der Waals surface area contributed by atoms with Crippen LogP contribution in [0.1, 0.15) is 37.9 Å². The Morgan fingerprint density at radius 1 is 1.02 bits per heavy atom. The number of rotatable bonds is 6. The van der Waals surface area contributed by atoms with Crippen molar-refractivity contribution < 1.29 is 9.13 Å². The van der Waals surface area contributed by atoms with Gasteiger partial charge in [-0.15, -0.1) is 0 Å². The van der Waals surface area contributed by atoms with Gasteiger partial charge in [0.05, 0.1) is 24.1 Å². The summed E-state index contributed by atoms with van der Waals surface area (Å²) in [5.74, 6) is 0.0136. The van der Waals surface area contributed by atoms with Crippen molar-refractivity contribution in [2.75, 3.05) is 18.5 Å². The molecule has 42 heavy (non-hydrogen) atoms. The number of aryl methyl sites for hydroxylation is 1. The third kappa shape index (κ3) is 6.32. The Kier molecular flexibility index (Phi) is 9.19. The first-order valence-electron chi connectivity index (χ1n) is 14.0. The van der Waals surface area contributed by atoms with E-state index in [0.717, 1.165) is 24.1 Å². The minimum absolute atomic E-state index is 0.00183. The molecule has 1 aliphatic rings. The highest BCUT2D eigenvalue weighted by Crippen LogP contribution is 2.32. The number of pyridine rings is 1. The van der Waals surface area contributed by atoms with Crippen LogP contribution in [0, 0.1) is 12.7 Å². The maximum atomic E-state index is 14.7. The van der Waals surface area contributed by atoms with E-state index in [9.17, 15) is 9.18 Å². The summed E-state index contributed by atoms with van der Waals surface area (Å²) in [4.78, 5) is 32.0. The first-order valence-corrected chi connectivity index (χ1v) is 14.4. The molecule has 1 saturated heterocycles. The average molecular weight is 587 g/mol. The van der Waals surface area contributed by atoms with Crippen molar-refractivity contribution in [2.45, 2.75) is 46.2 Å². The molecule has 4 heterocycles. The van der Waals surface area contributed by atoms with Crippen LogP contribution in [-0.4, -0.2) is 43.8 Å². The lowest BCUT2D eigenvalue weighted by Crippen LogP contribution is -2.29. The number of anilines is 1. The number of nitrogens with one attached hydrogen (secondary N) is 1. The van der Waals surface area contributed by atoms with Crippen LogP contribution >= 0.6 is 11.6 Å². The Labute approximate surface area is 248 Å². The van der Waals surface area contributed by atoms with Crippen molar-refractivity contribution >= 4 is 28.6 Å². The standard InChI is InChI=1S/C30H26ClFN6O2.C2H6/c1-18-14-33-16-27(35-18)19-6-7-23(25(31)13-19)24-12-21-15-34-30(36-22-8-10-40-11-9-22)37-28(21)38(29(24)39)17-20-4-2-3-5-26(20)32;1-2/h2-7,12-16,22H,8-11,17H2,1H3,(H,34,36,37);1-2H3. The lowest BCUT2D eigenvalue weighted by molar-refractivity contribution is 0.0903. The number of aromatic nitrogens is 5. The second kappa shape index (κ2) is 13.2. The first-order chi connectivity index (χ1) is 20.5. The molecule has 0 spiro atoms. The molecule has 2 aromatic carbocycles. The fraction of sp³-hybridized carbons (Fsp3) is 0.281. The number of nitrogens with zero attached hydrogens (tertiary/aromatic N) is 5. The molecule has 6 rings (SSSR count). The number of fused-ring (bicyclic) bond motifs is 1. The van der Waals surface area contributed by atoms with E-state index in [2.05, 4.69) is 20.3 Å². The van der Waals surface area contributed by atoms with Crippen LogP contribution in [0.15, 0.2) is 71.9 Å². The van der Waals surface area contributed by atoms with Gasteiger partial charge in [0.15, 0.2) is 0 Å². The molecule has 1 aliphatic heterocycles. The van der Waals surface area contributed by atoms with Crippen LogP contribution in [0.2, 0.25) is 5.02 Å². The normalized spacial score (nSPS) is 13.5. The van der Waals surface area contributed by atoms with E-state index in [-0.39, 0.29) is 18.1 Å². The highest BCUT2D eigenvalue weighted by atomic mass is 35.5. The highest BCUT2D eigenvalue weighted by Gasteiger charge is 2.19. The molecular formula is C32H32ClFN6O2. The van der Waals surface area contributed by atoms with E-state index in [1.54, 1.807) is 55.0 Å². The number of halogens is 2. The van der Waals surface area contributed by atoms with Crippen molar-refractivity contribution in [1.82, 2.24) is 24.5 Å². The van der Waals surface area contributed by atoms with Gasteiger partial charge in [0.2, 0.25) is 5.95 Å². The molecule has 0 bridgehead atoms. The SMILES string of the molecule is CC.Cc1cncc(-c2ccc(-c3cc4cnc(NC5CCOCC5)nc4n(Cc4ccccc4F)c3=O)c(Cl)c2)n1. The largest absolute Gasteiger partial charge is 0.381 e. The summed E-state index contributed by atoms with van der Waals surface area (Å²) >= 11 is 6.74. The topological polar surface area (TPSA) is 94.8 Å². The van der Waals surface area contributed by atoms with E-state index in [1.165, 1.54) is 10.6 Å². The monoisotopic (exact) mass is 586 g/mol. The van der Waals surface area contributed by atoms with Gasteiger partial charge < -0.3 is 10.1 Å². The quantitative estimate of drug-likeness (QED) is 0.237. The Hall–Kier alpha value is -4.21. The van der Waals surface area contributed by atoms with E-state index < -0.39 is 5.82 Å². The van der Waals surface area contributed by atoms with Crippen LogP contribution < -0.4 is 10.9 Å². The van der Waals surface area contributed by atoms with Crippen LogP contribution in [0.4, 0.5) is 10.3 Å². The number of ether oxygens (including phenoxy) is 1. The summed E-state index contributed by atoms with van der Waals surface area (Å²) in [7, 11) is 0. The first kappa shape index (κ1) is 29.3. The average Bonchev–Trinajstić information content (AvgIpc) is 3.01. The summed E-state index contributed by atoms with van der Waals surface area (Å²) in [5, 5.41) is 4.37. The van der Waals surface area contributed by atoms with Crippen molar-refractivity contribution in [2.24, 2.45) is 0 Å². The van der Waals surface area contributed by atoms with Gasteiger partial charge in [-0.1, -0.05) is 55.8 Å². The van der Waals surface area contributed by atoms with Gasteiger partial charge in [-0.05, 0) is 38.0 Å². The second-order valence-corrected chi connectivity index (χ2v) is 10.2. The summed E-state index contributed by atoms with van der Waals surface area (Å²) in [6, 6.07) is 13.7. The lowest BCUT2D eigenvalue weighted by Gasteiger charge is -2.23. The Balaban J connectivity index is 0.00000173. The van der Waals surface area contributed by atoms with Crippen LogP contribution in [0.25, 0.3) is 33.4 Å². The van der Waals surface area contributed by atoms with Gasteiger partial charge in [0.1, 0.15) is 11.5 Å². The van der Waals surface area contributed by atoms with Crippen LogP contribution in [0.5, 0.6) is 0 Å². The van der Waals surface area contributed by atoms with Gasteiger partial charge in [-0.2, -0.15) is 4.98 Å². The van der Waals surface area contributed by atoms with Crippen molar-refractivity contribution in [3.63, 3.8) is 0 Å². The Morgan fingerprint density at radius 2 is 1.81 bits per heavy atom. The third-order valence-corrected chi connectivity index (χ3v) is 7.29. The zero-order chi connectivity index (χ0) is 29.6. The Bertz CT molecular complexity index is 1770. The molecule has 0 unspecified atom stereocenters. The zero-order valence-electron chi connectivity index (χ0n) is 23.8. The van der Waals surface area contributed by atoms with Crippen LogP contribution in [0.3, 0.4) is 0 Å². The molecule has 1 fully saturated rings. The molecule has 1 N–H and O–H groups in total. The maximum absolute atomic E-state index is 14.7. The molecular weight excluding hydrogens is 555 g/mol. The number of benzene rings is 2. The maximum Gasteiger partial charge on any atom is 0.260 e. The number of hydrogen-bond donors (Lipinski definition) is 1. The van der Waals surface area contributed by atoms with Crippen LogP contribution in [-0.2, 0) is 11.3 Å². The van der Waals surface area contributed by atoms with Gasteiger partial charge in [-0.3, -0.25) is 14.3 Å². The summed E-state index contributed by atoms with van der Waals surface area (Å²) in [6.45, 7) is 7.20. The zero-order valence-corrected chi connectivity index (χ0v) is 24.5. The molecule has 0 amide bonds.